The van der Waals surface area contributed by atoms with E-state index < -0.39 is 5.66 Å². The van der Waals surface area contributed by atoms with Crippen LogP contribution in [0.5, 0.6) is 0 Å². The highest BCUT2D eigenvalue weighted by Crippen LogP contribution is 2.37. The average molecular weight is 435 g/mol. The lowest BCUT2D eigenvalue weighted by Crippen LogP contribution is -2.66. The summed E-state index contributed by atoms with van der Waals surface area (Å²) in [5.74, 6) is 1.12. The van der Waals surface area contributed by atoms with Crippen LogP contribution in [-0.4, -0.2) is 12.1 Å². The summed E-state index contributed by atoms with van der Waals surface area (Å²) in [6, 6.07) is 20.5. The molecule has 2 aromatic rings. The zero-order valence-electron chi connectivity index (χ0n) is 19.5. The molecule has 2 aromatic carbocycles. The molecule has 4 heteroatoms. The van der Waals surface area contributed by atoms with E-state index in [0.717, 1.165) is 11.1 Å². The van der Waals surface area contributed by atoms with Crippen molar-refractivity contribution in [3.8, 4) is 0 Å². The molecule has 2 aliphatic carbocycles. The van der Waals surface area contributed by atoms with Gasteiger partial charge in [-0.15, -0.1) is 0 Å². The summed E-state index contributed by atoms with van der Waals surface area (Å²) in [7, 11) is 0. The normalized spacial score (nSPS) is 23.2. The molecule has 4 rings (SSSR count). The summed E-state index contributed by atoms with van der Waals surface area (Å²) in [4.78, 5) is 0. The zero-order chi connectivity index (χ0) is 22.4. The van der Waals surface area contributed by atoms with Crippen molar-refractivity contribution in [1.29, 1.82) is 0 Å². The second kappa shape index (κ2) is 10.9. The minimum Gasteiger partial charge on any atom is -0.326 e. The van der Waals surface area contributed by atoms with Crippen molar-refractivity contribution in [2.24, 2.45) is 29.0 Å². The molecule has 4 unspecified atom stereocenters. The minimum atomic E-state index is -0.892. The first-order chi connectivity index (χ1) is 15.6. The van der Waals surface area contributed by atoms with Crippen LogP contribution in [-0.2, 0) is 5.66 Å². The second-order valence-corrected chi connectivity index (χ2v) is 10.2. The number of rotatable bonds is 8. The molecule has 0 aromatic heterocycles. The van der Waals surface area contributed by atoms with Crippen LogP contribution in [0, 0.1) is 11.8 Å². The van der Waals surface area contributed by atoms with Crippen molar-refractivity contribution >= 4 is 0 Å². The summed E-state index contributed by atoms with van der Waals surface area (Å²) in [5.41, 5.74) is 22.5. The number of nitrogens with two attached hydrogens (primary N) is 3. The molecule has 0 aliphatic heterocycles. The third kappa shape index (κ3) is 5.26. The van der Waals surface area contributed by atoms with Gasteiger partial charge in [-0.25, -0.2) is 0 Å². The van der Waals surface area contributed by atoms with Gasteiger partial charge in [0, 0.05) is 12.1 Å². The van der Waals surface area contributed by atoms with Crippen LogP contribution in [0.2, 0.25) is 0 Å². The van der Waals surface area contributed by atoms with Gasteiger partial charge in [0.15, 0.2) is 0 Å². The van der Waals surface area contributed by atoms with Crippen LogP contribution in [0.15, 0.2) is 60.7 Å². The summed E-state index contributed by atoms with van der Waals surface area (Å²) < 4.78 is 0. The Morgan fingerprint density at radius 1 is 0.688 bits per heavy atom. The Morgan fingerprint density at radius 2 is 1.19 bits per heavy atom. The van der Waals surface area contributed by atoms with Gasteiger partial charge in [0.25, 0.3) is 0 Å². The third-order valence-electron chi connectivity index (χ3n) is 8.07. The maximum atomic E-state index is 7.28. The standard InChI is InChI=1S/C28H42N4/c29-25(21-13-5-1-6-14-21)26(22-15-7-2-8-16-22)32-28(31,24-19-11-4-12-20-24)27(30)23-17-9-3-10-18-23/h3-4,9-12,17-22,25-27,32H,1-2,5-8,13-16,29-31H2. The van der Waals surface area contributed by atoms with E-state index in [9.17, 15) is 0 Å². The van der Waals surface area contributed by atoms with Crippen LogP contribution >= 0.6 is 0 Å². The smallest absolute Gasteiger partial charge is 0.113 e. The lowest BCUT2D eigenvalue weighted by Gasteiger charge is -2.46. The lowest BCUT2D eigenvalue weighted by molar-refractivity contribution is 0.130. The minimum absolute atomic E-state index is 0.105. The Bertz CT molecular complexity index is 799. The number of hydrogen-bond donors (Lipinski definition) is 4. The SMILES string of the molecule is NC(C1CCCCC1)C(NC(N)(c1ccccc1)C(N)c1ccccc1)C1CCCCC1. The molecule has 7 N–H and O–H groups in total. The molecule has 0 bridgehead atoms. The highest BCUT2D eigenvalue weighted by molar-refractivity contribution is 5.31. The number of benzene rings is 2. The van der Waals surface area contributed by atoms with Crippen LogP contribution in [0.25, 0.3) is 0 Å². The van der Waals surface area contributed by atoms with Gasteiger partial charge in [0.05, 0.1) is 6.04 Å². The van der Waals surface area contributed by atoms with Crippen LogP contribution in [0.4, 0.5) is 0 Å². The maximum Gasteiger partial charge on any atom is 0.113 e. The summed E-state index contributed by atoms with van der Waals surface area (Å²) >= 11 is 0. The molecule has 2 fully saturated rings. The van der Waals surface area contributed by atoms with Gasteiger partial charge < -0.3 is 17.2 Å². The number of hydrogen-bond acceptors (Lipinski definition) is 4. The highest BCUT2D eigenvalue weighted by Gasteiger charge is 2.42. The molecule has 0 saturated heterocycles. The summed E-state index contributed by atoms with van der Waals surface area (Å²) in [6.07, 6.45) is 12.8. The molecule has 0 amide bonds. The predicted octanol–water partition coefficient (Wildman–Crippen LogP) is 4.94. The van der Waals surface area contributed by atoms with E-state index >= 15 is 0 Å². The fourth-order valence-corrected chi connectivity index (χ4v) is 6.10. The number of nitrogens with one attached hydrogen (secondary N) is 1. The Labute approximate surface area is 194 Å². The van der Waals surface area contributed by atoms with E-state index in [1.807, 2.05) is 36.4 Å². The maximum absolute atomic E-state index is 7.28. The quantitative estimate of drug-likeness (QED) is 0.443. The van der Waals surface area contributed by atoms with Crippen molar-refractivity contribution in [2.75, 3.05) is 0 Å². The van der Waals surface area contributed by atoms with E-state index in [2.05, 4.69) is 29.6 Å². The highest BCUT2D eigenvalue weighted by atomic mass is 15.2. The average Bonchev–Trinajstić information content (AvgIpc) is 2.88. The van der Waals surface area contributed by atoms with Gasteiger partial charge in [-0.3, -0.25) is 5.32 Å². The van der Waals surface area contributed by atoms with Crippen molar-refractivity contribution in [3.05, 3.63) is 71.8 Å². The van der Waals surface area contributed by atoms with Gasteiger partial charge in [-0.1, -0.05) is 99.2 Å². The molecule has 0 spiro atoms. The third-order valence-corrected chi connectivity index (χ3v) is 8.07. The molecule has 0 heterocycles. The fraction of sp³-hybridized carbons (Fsp3) is 0.571. The van der Waals surface area contributed by atoms with Crippen LogP contribution in [0.1, 0.15) is 81.4 Å². The molecule has 174 valence electrons. The van der Waals surface area contributed by atoms with Gasteiger partial charge in [0.2, 0.25) is 0 Å². The van der Waals surface area contributed by atoms with Crippen LogP contribution in [0.3, 0.4) is 0 Å². The summed E-state index contributed by atoms with van der Waals surface area (Å²) in [5, 5.41) is 3.94. The second-order valence-electron chi connectivity index (χ2n) is 10.2. The van der Waals surface area contributed by atoms with Gasteiger partial charge in [-0.2, -0.15) is 0 Å². The molecule has 32 heavy (non-hydrogen) atoms. The first kappa shape index (κ1) is 23.4. The van der Waals surface area contributed by atoms with E-state index in [0.29, 0.717) is 11.8 Å². The Morgan fingerprint density at radius 3 is 1.75 bits per heavy atom. The van der Waals surface area contributed by atoms with E-state index in [4.69, 9.17) is 17.2 Å². The van der Waals surface area contributed by atoms with Gasteiger partial charge >= 0.3 is 0 Å². The Hall–Kier alpha value is -1.72. The molecular formula is C28H42N4. The van der Waals surface area contributed by atoms with E-state index in [1.54, 1.807) is 0 Å². The molecule has 2 aliphatic rings. The first-order valence-corrected chi connectivity index (χ1v) is 12.8. The van der Waals surface area contributed by atoms with Crippen LogP contribution < -0.4 is 22.5 Å². The van der Waals surface area contributed by atoms with Gasteiger partial charge in [-0.05, 0) is 48.6 Å². The first-order valence-electron chi connectivity index (χ1n) is 12.8. The zero-order valence-corrected chi connectivity index (χ0v) is 19.5. The molecular weight excluding hydrogens is 392 g/mol. The predicted molar refractivity (Wildman–Crippen MR) is 134 cm³/mol. The van der Waals surface area contributed by atoms with Crippen molar-refractivity contribution in [3.63, 3.8) is 0 Å². The summed E-state index contributed by atoms with van der Waals surface area (Å²) in [6.45, 7) is 0. The van der Waals surface area contributed by atoms with E-state index in [-0.39, 0.29) is 18.1 Å². The van der Waals surface area contributed by atoms with Crippen molar-refractivity contribution in [1.82, 2.24) is 5.32 Å². The molecule has 0 radical (unpaired) electrons. The largest absolute Gasteiger partial charge is 0.326 e. The van der Waals surface area contributed by atoms with E-state index in [1.165, 1.54) is 64.2 Å². The van der Waals surface area contributed by atoms with Crippen molar-refractivity contribution < 1.29 is 0 Å². The lowest BCUT2D eigenvalue weighted by atomic mass is 9.73. The molecule has 4 atom stereocenters. The topological polar surface area (TPSA) is 90.1 Å². The van der Waals surface area contributed by atoms with Crippen molar-refractivity contribution in [2.45, 2.75) is 88.0 Å². The molecule has 4 nitrogen and oxygen atoms in total. The molecule has 2 saturated carbocycles. The Kier molecular flexibility index (Phi) is 8.01. The monoisotopic (exact) mass is 434 g/mol. The van der Waals surface area contributed by atoms with Gasteiger partial charge in [0.1, 0.15) is 5.66 Å². The fourth-order valence-electron chi connectivity index (χ4n) is 6.10. The Balaban J connectivity index is 1.68.